The predicted octanol–water partition coefficient (Wildman–Crippen LogP) is 4.41. The lowest BCUT2D eigenvalue weighted by molar-refractivity contribution is 0.143. The van der Waals surface area contributed by atoms with Gasteiger partial charge in [0.2, 0.25) is 0 Å². The summed E-state index contributed by atoms with van der Waals surface area (Å²) >= 11 is 5.34. The number of halogens is 1. The Morgan fingerprint density at radius 1 is 1.44 bits per heavy atom. The Kier molecular flexibility index (Phi) is 7.46. The largest absolute Gasteiger partial charge is 0.329 e. The molecule has 0 spiro atoms. The summed E-state index contributed by atoms with van der Waals surface area (Å²) in [5.74, 6) is 0. The second kappa shape index (κ2) is 8.31. The van der Waals surface area contributed by atoms with Crippen molar-refractivity contribution < 1.29 is 0 Å². The van der Waals surface area contributed by atoms with Gasteiger partial charge in [0.15, 0.2) is 0 Å². The van der Waals surface area contributed by atoms with E-state index in [2.05, 4.69) is 53.0 Å². The van der Waals surface area contributed by atoms with Crippen LogP contribution in [0.25, 0.3) is 0 Å². The number of hydrogen-bond donors (Lipinski definition) is 1. The SMILES string of the molecule is CCCCN(C(C)CC)C(CN)c1cc(Br)cs1. The van der Waals surface area contributed by atoms with Crippen molar-refractivity contribution in [3.05, 3.63) is 20.8 Å². The van der Waals surface area contributed by atoms with E-state index in [1.165, 1.54) is 28.6 Å². The molecule has 0 saturated carbocycles. The summed E-state index contributed by atoms with van der Waals surface area (Å²) in [6.45, 7) is 8.64. The Morgan fingerprint density at radius 3 is 2.61 bits per heavy atom. The minimum atomic E-state index is 0.364. The summed E-state index contributed by atoms with van der Waals surface area (Å²) in [5, 5.41) is 2.15. The number of unbranched alkanes of at least 4 members (excludes halogenated alkanes) is 1. The maximum Gasteiger partial charge on any atom is 0.0567 e. The van der Waals surface area contributed by atoms with Gasteiger partial charge in [-0.3, -0.25) is 4.90 Å². The molecule has 2 unspecified atom stereocenters. The van der Waals surface area contributed by atoms with E-state index < -0.39 is 0 Å². The minimum Gasteiger partial charge on any atom is -0.329 e. The molecular weight excluding hydrogens is 308 g/mol. The number of thiophene rings is 1. The van der Waals surface area contributed by atoms with Gasteiger partial charge in [-0.25, -0.2) is 0 Å². The smallest absolute Gasteiger partial charge is 0.0567 e. The maximum absolute atomic E-state index is 6.03. The molecule has 0 bridgehead atoms. The molecule has 2 nitrogen and oxygen atoms in total. The maximum atomic E-state index is 6.03. The van der Waals surface area contributed by atoms with E-state index in [0.29, 0.717) is 18.6 Å². The average molecular weight is 333 g/mol. The van der Waals surface area contributed by atoms with Crippen molar-refractivity contribution in [2.45, 2.75) is 52.1 Å². The molecule has 0 aliphatic carbocycles. The molecule has 1 rings (SSSR count). The number of hydrogen-bond acceptors (Lipinski definition) is 3. The highest BCUT2D eigenvalue weighted by Crippen LogP contribution is 2.30. The normalized spacial score (nSPS) is 15.0. The molecule has 104 valence electrons. The van der Waals surface area contributed by atoms with Crippen LogP contribution in [0.3, 0.4) is 0 Å². The quantitative estimate of drug-likeness (QED) is 0.763. The topological polar surface area (TPSA) is 29.3 Å². The lowest BCUT2D eigenvalue weighted by Gasteiger charge is -2.35. The van der Waals surface area contributed by atoms with Gasteiger partial charge in [0.1, 0.15) is 0 Å². The molecule has 0 fully saturated rings. The fourth-order valence-electron chi connectivity index (χ4n) is 2.18. The number of nitrogens with two attached hydrogens (primary N) is 1. The molecule has 1 heterocycles. The molecule has 2 N–H and O–H groups in total. The lowest BCUT2D eigenvalue weighted by atomic mass is 10.1. The van der Waals surface area contributed by atoms with Crippen LogP contribution in [0.2, 0.25) is 0 Å². The molecule has 1 aromatic rings. The Balaban J connectivity index is 2.85. The summed E-state index contributed by atoms with van der Waals surface area (Å²) < 4.78 is 1.17. The van der Waals surface area contributed by atoms with Crippen molar-refractivity contribution in [3.63, 3.8) is 0 Å². The van der Waals surface area contributed by atoms with E-state index in [0.717, 1.165) is 6.54 Å². The molecule has 0 amide bonds. The van der Waals surface area contributed by atoms with Gasteiger partial charge in [-0.1, -0.05) is 20.3 Å². The summed E-state index contributed by atoms with van der Waals surface area (Å²) in [5.41, 5.74) is 6.03. The van der Waals surface area contributed by atoms with E-state index in [1.54, 1.807) is 11.3 Å². The third kappa shape index (κ3) is 4.34. The molecule has 0 radical (unpaired) electrons. The Morgan fingerprint density at radius 2 is 2.17 bits per heavy atom. The molecule has 18 heavy (non-hydrogen) atoms. The first-order valence-electron chi connectivity index (χ1n) is 6.83. The van der Waals surface area contributed by atoms with Crippen molar-refractivity contribution in [3.8, 4) is 0 Å². The van der Waals surface area contributed by atoms with Crippen LogP contribution in [0, 0.1) is 0 Å². The molecule has 0 aromatic carbocycles. The van der Waals surface area contributed by atoms with Gasteiger partial charge in [-0.15, -0.1) is 11.3 Å². The van der Waals surface area contributed by atoms with Crippen molar-refractivity contribution in [1.82, 2.24) is 4.90 Å². The van der Waals surface area contributed by atoms with Crippen LogP contribution in [0.1, 0.15) is 51.0 Å². The fourth-order valence-corrected chi connectivity index (χ4v) is 3.76. The van der Waals surface area contributed by atoms with Crippen LogP contribution in [0.4, 0.5) is 0 Å². The molecule has 0 aliphatic heterocycles. The molecule has 0 saturated heterocycles. The van der Waals surface area contributed by atoms with Crippen LogP contribution in [-0.4, -0.2) is 24.0 Å². The first kappa shape index (κ1) is 16.2. The van der Waals surface area contributed by atoms with Crippen molar-refractivity contribution in [2.24, 2.45) is 5.73 Å². The number of rotatable bonds is 8. The first-order valence-corrected chi connectivity index (χ1v) is 8.51. The minimum absolute atomic E-state index is 0.364. The Hall–Kier alpha value is 0.1000. The summed E-state index contributed by atoms with van der Waals surface area (Å²) in [6, 6.07) is 3.16. The van der Waals surface area contributed by atoms with Crippen LogP contribution in [0.15, 0.2) is 15.9 Å². The van der Waals surface area contributed by atoms with E-state index in [1.807, 2.05) is 0 Å². The van der Waals surface area contributed by atoms with Crippen LogP contribution < -0.4 is 5.73 Å². The Labute approximate surface area is 124 Å². The van der Waals surface area contributed by atoms with Crippen LogP contribution in [0.5, 0.6) is 0 Å². The van der Waals surface area contributed by atoms with Gasteiger partial charge in [0.05, 0.1) is 6.04 Å². The van der Waals surface area contributed by atoms with Gasteiger partial charge in [-0.05, 0) is 48.3 Å². The molecule has 2 atom stereocenters. The van der Waals surface area contributed by atoms with Gasteiger partial charge in [-0.2, -0.15) is 0 Å². The summed E-state index contributed by atoms with van der Waals surface area (Å²) in [6.07, 6.45) is 3.65. The highest BCUT2D eigenvalue weighted by molar-refractivity contribution is 9.10. The van der Waals surface area contributed by atoms with E-state index in [9.17, 15) is 0 Å². The average Bonchev–Trinajstić information content (AvgIpc) is 2.80. The monoisotopic (exact) mass is 332 g/mol. The Bertz CT molecular complexity index is 340. The molecule has 4 heteroatoms. The predicted molar refractivity (Wildman–Crippen MR) is 85.2 cm³/mol. The first-order chi connectivity index (χ1) is 8.63. The van der Waals surface area contributed by atoms with Crippen LogP contribution >= 0.6 is 27.3 Å². The fraction of sp³-hybridized carbons (Fsp3) is 0.714. The van der Waals surface area contributed by atoms with Gasteiger partial charge in [0, 0.05) is 27.3 Å². The van der Waals surface area contributed by atoms with Crippen molar-refractivity contribution >= 4 is 27.3 Å². The standard InChI is InChI=1S/C14H25BrN2S/c1-4-6-7-17(11(3)5-2)13(9-16)14-8-12(15)10-18-14/h8,10-11,13H,4-7,9,16H2,1-3H3. The zero-order chi connectivity index (χ0) is 13.5. The highest BCUT2D eigenvalue weighted by atomic mass is 79.9. The molecular formula is C14H25BrN2S. The van der Waals surface area contributed by atoms with Crippen LogP contribution in [-0.2, 0) is 0 Å². The number of nitrogens with zero attached hydrogens (tertiary/aromatic N) is 1. The van der Waals surface area contributed by atoms with Crippen molar-refractivity contribution in [2.75, 3.05) is 13.1 Å². The second-order valence-corrected chi connectivity index (χ2v) is 6.63. The van der Waals surface area contributed by atoms with E-state index >= 15 is 0 Å². The zero-order valence-corrected chi connectivity index (χ0v) is 14.1. The van der Waals surface area contributed by atoms with E-state index in [4.69, 9.17) is 5.73 Å². The van der Waals surface area contributed by atoms with Gasteiger partial charge in [0.25, 0.3) is 0 Å². The summed E-state index contributed by atoms with van der Waals surface area (Å²) in [4.78, 5) is 3.95. The molecule has 1 aromatic heterocycles. The second-order valence-electron chi connectivity index (χ2n) is 4.77. The lowest BCUT2D eigenvalue weighted by Crippen LogP contribution is -2.40. The third-order valence-corrected chi connectivity index (χ3v) is 5.26. The van der Waals surface area contributed by atoms with Crippen molar-refractivity contribution in [1.29, 1.82) is 0 Å². The highest BCUT2D eigenvalue weighted by Gasteiger charge is 2.23. The summed E-state index contributed by atoms with van der Waals surface area (Å²) in [7, 11) is 0. The third-order valence-electron chi connectivity index (χ3n) is 3.47. The molecule has 0 aliphatic rings. The van der Waals surface area contributed by atoms with E-state index in [-0.39, 0.29) is 0 Å². The van der Waals surface area contributed by atoms with Gasteiger partial charge < -0.3 is 5.73 Å². The van der Waals surface area contributed by atoms with Gasteiger partial charge >= 0.3 is 0 Å². The zero-order valence-electron chi connectivity index (χ0n) is 11.7.